The van der Waals surface area contributed by atoms with Crippen LogP contribution < -0.4 is 10.5 Å². The van der Waals surface area contributed by atoms with Gasteiger partial charge in [-0.15, -0.1) is 0 Å². The first-order chi connectivity index (χ1) is 8.90. The molecule has 0 saturated heterocycles. The summed E-state index contributed by atoms with van der Waals surface area (Å²) in [6, 6.07) is 2.62. The lowest BCUT2D eigenvalue weighted by Gasteiger charge is -2.10. The molecule has 2 aromatic rings. The van der Waals surface area contributed by atoms with Crippen molar-refractivity contribution in [2.75, 3.05) is 5.73 Å². The van der Waals surface area contributed by atoms with Gasteiger partial charge >= 0.3 is 0 Å². The third-order valence-corrected chi connectivity index (χ3v) is 4.35. The normalized spacial score (nSPS) is 11.7. The Morgan fingerprint density at radius 2 is 2.11 bits per heavy atom. The zero-order valence-electron chi connectivity index (χ0n) is 9.39. The van der Waals surface area contributed by atoms with E-state index in [-0.39, 0.29) is 27.2 Å². The molecule has 1 aromatic carbocycles. The van der Waals surface area contributed by atoms with E-state index >= 15 is 0 Å². The first-order valence-corrected chi connectivity index (χ1v) is 7.22. The molecule has 10 heteroatoms. The quantitative estimate of drug-likeness (QED) is 0.731. The smallest absolute Gasteiger partial charge is 0.244 e. The molecule has 0 spiro atoms. The van der Waals surface area contributed by atoms with E-state index in [9.17, 15) is 8.42 Å². The maximum atomic E-state index is 12.1. The number of benzene rings is 1. The van der Waals surface area contributed by atoms with Crippen LogP contribution in [-0.4, -0.2) is 23.6 Å². The Bertz CT molecular complexity index is 664. The average molecular weight is 322 g/mol. The Morgan fingerprint density at radius 1 is 1.37 bits per heavy atom. The number of anilines is 1. The Morgan fingerprint density at radius 3 is 2.68 bits per heavy atom. The second kappa shape index (κ2) is 5.33. The van der Waals surface area contributed by atoms with Gasteiger partial charge in [-0.25, -0.2) is 18.1 Å². The van der Waals surface area contributed by atoms with E-state index in [4.69, 9.17) is 28.9 Å². The van der Waals surface area contributed by atoms with Crippen molar-refractivity contribution < 1.29 is 8.42 Å². The number of H-pyrrole nitrogens is 1. The molecule has 0 unspecified atom stereocenters. The first kappa shape index (κ1) is 14.1. The lowest BCUT2D eigenvalue weighted by molar-refractivity contribution is 0.580. The molecule has 0 amide bonds. The van der Waals surface area contributed by atoms with Crippen molar-refractivity contribution in [2.24, 2.45) is 0 Å². The van der Waals surface area contributed by atoms with Crippen LogP contribution >= 0.6 is 23.2 Å². The van der Waals surface area contributed by atoms with E-state index in [1.807, 2.05) is 0 Å². The molecule has 0 aliphatic heterocycles. The number of nitrogens with zero attached hydrogens (tertiary/aromatic N) is 2. The fraction of sp³-hybridized carbons (Fsp3) is 0.111. The number of nitrogen functional groups attached to an aromatic ring is 1. The van der Waals surface area contributed by atoms with Gasteiger partial charge in [0.2, 0.25) is 10.0 Å². The Hall–Kier alpha value is -1.35. The molecule has 0 radical (unpaired) electrons. The van der Waals surface area contributed by atoms with Crippen molar-refractivity contribution >= 4 is 38.9 Å². The summed E-state index contributed by atoms with van der Waals surface area (Å²) in [5.74, 6) is 0.368. The summed E-state index contributed by atoms with van der Waals surface area (Å²) >= 11 is 11.6. The molecule has 19 heavy (non-hydrogen) atoms. The van der Waals surface area contributed by atoms with Gasteiger partial charge in [-0.3, -0.25) is 5.10 Å². The van der Waals surface area contributed by atoms with E-state index in [0.29, 0.717) is 5.82 Å². The molecule has 0 aliphatic carbocycles. The maximum Gasteiger partial charge on any atom is 0.244 e. The number of rotatable bonds is 4. The largest absolute Gasteiger partial charge is 0.398 e. The van der Waals surface area contributed by atoms with Crippen molar-refractivity contribution in [1.82, 2.24) is 19.9 Å². The van der Waals surface area contributed by atoms with Crippen molar-refractivity contribution in [3.63, 3.8) is 0 Å². The van der Waals surface area contributed by atoms with Gasteiger partial charge in [0.25, 0.3) is 0 Å². The summed E-state index contributed by atoms with van der Waals surface area (Å²) in [5.41, 5.74) is 5.61. The SMILES string of the molecule is Nc1cc(Cl)cc(Cl)c1S(=O)(=O)NCc1ncn[nH]1. The summed E-state index contributed by atoms with van der Waals surface area (Å²) in [6.07, 6.45) is 1.27. The Balaban J connectivity index is 2.29. The molecule has 0 aliphatic rings. The highest BCUT2D eigenvalue weighted by atomic mass is 35.5. The molecule has 2 rings (SSSR count). The molecule has 1 aromatic heterocycles. The minimum atomic E-state index is -3.87. The number of nitrogens with one attached hydrogen (secondary N) is 2. The van der Waals surface area contributed by atoms with E-state index in [2.05, 4.69) is 19.9 Å². The second-order valence-electron chi connectivity index (χ2n) is 3.56. The molecule has 1 heterocycles. The summed E-state index contributed by atoms with van der Waals surface area (Å²) in [6.45, 7) is -0.0548. The Labute approximate surface area is 119 Å². The average Bonchev–Trinajstić information content (AvgIpc) is 2.77. The van der Waals surface area contributed by atoms with Crippen LogP contribution in [0.4, 0.5) is 5.69 Å². The number of aromatic nitrogens is 3. The fourth-order valence-corrected chi connectivity index (χ4v) is 3.39. The van der Waals surface area contributed by atoms with Crippen LogP contribution in [-0.2, 0) is 16.6 Å². The van der Waals surface area contributed by atoms with Gasteiger partial charge < -0.3 is 5.73 Å². The van der Waals surface area contributed by atoms with Gasteiger partial charge in [0.1, 0.15) is 17.0 Å². The van der Waals surface area contributed by atoms with E-state index in [0.717, 1.165) is 0 Å². The molecular weight excluding hydrogens is 313 g/mol. The molecule has 4 N–H and O–H groups in total. The van der Waals surface area contributed by atoms with Crippen LogP contribution in [0.3, 0.4) is 0 Å². The first-order valence-electron chi connectivity index (χ1n) is 4.98. The number of halogens is 2. The lowest BCUT2D eigenvalue weighted by atomic mass is 10.3. The second-order valence-corrected chi connectivity index (χ2v) is 6.11. The molecule has 102 valence electrons. The predicted octanol–water partition coefficient (Wildman–Crippen LogP) is 1.17. The summed E-state index contributed by atoms with van der Waals surface area (Å²) in [7, 11) is -3.87. The highest BCUT2D eigenvalue weighted by Gasteiger charge is 2.22. The summed E-state index contributed by atoms with van der Waals surface area (Å²) in [4.78, 5) is 3.58. The minimum absolute atomic E-state index is 0.0254. The van der Waals surface area contributed by atoms with Crippen LogP contribution in [0.25, 0.3) is 0 Å². The lowest BCUT2D eigenvalue weighted by Crippen LogP contribution is -2.25. The molecular formula is C9H9Cl2N5O2S. The van der Waals surface area contributed by atoms with Gasteiger partial charge in [0.15, 0.2) is 0 Å². The van der Waals surface area contributed by atoms with Gasteiger partial charge in [0, 0.05) is 5.02 Å². The number of sulfonamides is 1. The van der Waals surface area contributed by atoms with Gasteiger partial charge in [0.05, 0.1) is 17.3 Å². The zero-order valence-corrected chi connectivity index (χ0v) is 11.7. The number of hydrogen-bond acceptors (Lipinski definition) is 5. The third-order valence-electron chi connectivity index (χ3n) is 2.20. The van der Waals surface area contributed by atoms with Gasteiger partial charge in [-0.2, -0.15) is 5.10 Å². The van der Waals surface area contributed by atoms with Crippen molar-refractivity contribution in [1.29, 1.82) is 0 Å². The maximum absolute atomic E-state index is 12.1. The van der Waals surface area contributed by atoms with Crippen molar-refractivity contribution in [2.45, 2.75) is 11.4 Å². The molecule has 0 fully saturated rings. The van der Waals surface area contributed by atoms with Gasteiger partial charge in [-0.1, -0.05) is 23.2 Å². The van der Waals surface area contributed by atoms with Gasteiger partial charge in [-0.05, 0) is 12.1 Å². The van der Waals surface area contributed by atoms with Crippen LogP contribution in [0.15, 0.2) is 23.4 Å². The van der Waals surface area contributed by atoms with Crippen LogP contribution in [0, 0.1) is 0 Å². The number of aromatic amines is 1. The highest BCUT2D eigenvalue weighted by molar-refractivity contribution is 7.89. The third kappa shape index (κ3) is 3.16. The molecule has 0 saturated carbocycles. The topological polar surface area (TPSA) is 114 Å². The number of hydrogen-bond donors (Lipinski definition) is 3. The molecule has 0 bridgehead atoms. The van der Waals surface area contributed by atoms with E-state index in [1.165, 1.54) is 18.5 Å². The number of nitrogens with two attached hydrogens (primary N) is 1. The zero-order chi connectivity index (χ0) is 14.0. The van der Waals surface area contributed by atoms with E-state index in [1.54, 1.807) is 0 Å². The fourth-order valence-electron chi connectivity index (χ4n) is 1.42. The monoisotopic (exact) mass is 321 g/mol. The summed E-state index contributed by atoms with van der Waals surface area (Å²) in [5, 5.41) is 6.34. The van der Waals surface area contributed by atoms with Crippen LogP contribution in [0.1, 0.15) is 5.82 Å². The standard InChI is InChI=1S/C9H9Cl2N5O2S/c10-5-1-6(11)9(7(12)2-5)19(17,18)15-3-8-13-4-14-16-8/h1-2,4,15H,3,12H2,(H,13,14,16). The summed E-state index contributed by atoms with van der Waals surface area (Å²) < 4.78 is 26.5. The highest BCUT2D eigenvalue weighted by Crippen LogP contribution is 2.30. The minimum Gasteiger partial charge on any atom is -0.398 e. The predicted molar refractivity (Wildman–Crippen MR) is 71.3 cm³/mol. The van der Waals surface area contributed by atoms with Crippen molar-refractivity contribution in [3.05, 3.63) is 34.3 Å². The van der Waals surface area contributed by atoms with Crippen LogP contribution in [0.2, 0.25) is 10.0 Å². The van der Waals surface area contributed by atoms with E-state index < -0.39 is 10.0 Å². The van der Waals surface area contributed by atoms with Crippen molar-refractivity contribution in [3.8, 4) is 0 Å². The molecule has 7 nitrogen and oxygen atoms in total. The van der Waals surface area contributed by atoms with Crippen LogP contribution in [0.5, 0.6) is 0 Å². The molecule has 0 atom stereocenters. The Kier molecular flexibility index (Phi) is 3.95.